The average Bonchev–Trinajstić information content (AvgIpc) is 2.87. The Bertz CT molecular complexity index is 684. The Labute approximate surface area is 129 Å². The van der Waals surface area contributed by atoms with Crippen LogP contribution in [-0.2, 0) is 11.3 Å². The van der Waals surface area contributed by atoms with Crippen molar-refractivity contribution in [2.45, 2.75) is 18.9 Å². The summed E-state index contributed by atoms with van der Waals surface area (Å²) in [5.74, 6) is -0.552. The van der Waals surface area contributed by atoms with Crippen LogP contribution in [0.3, 0.4) is 0 Å². The molecule has 1 fully saturated rings. The van der Waals surface area contributed by atoms with Crippen LogP contribution in [0.15, 0.2) is 60.7 Å². The molecule has 2 aromatic carbocycles. The minimum Gasteiger partial charge on any atom is -0.435 e. The molecule has 1 N–H and O–H groups in total. The summed E-state index contributed by atoms with van der Waals surface area (Å²) in [7, 11) is 0. The Morgan fingerprint density at radius 3 is 2.23 bits per heavy atom. The fraction of sp³-hybridized carbons (Fsp3) is 0.222. The Hall–Kier alpha value is -2.46. The van der Waals surface area contributed by atoms with E-state index < -0.39 is 10.6 Å². The van der Waals surface area contributed by atoms with E-state index in [2.05, 4.69) is 0 Å². The molecule has 0 saturated carbocycles. The van der Waals surface area contributed by atoms with Crippen LogP contribution >= 0.6 is 0 Å². The third kappa shape index (κ3) is 2.42. The van der Waals surface area contributed by atoms with E-state index >= 15 is 0 Å². The molecule has 1 saturated heterocycles. The average molecular weight is 296 g/mol. The summed E-state index contributed by atoms with van der Waals surface area (Å²) in [4.78, 5) is 24.7. The van der Waals surface area contributed by atoms with Gasteiger partial charge in [-0.05, 0) is 5.56 Å². The lowest BCUT2D eigenvalue weighted by Gasteiger charge is -2.25. The lowest BCUT2D eigenvalue weighted by atomic mass is 9.98. The second kappa shape index (κ2) is 5.73. The number of hydrogen-bond acceptors (Lipinski definition) is 2. The molecule has 0 spiro atoms. The summed E-state index contributed by atoms with van der Waals surface area (Å²) < 4.78 is -0.510. The van der Waals surface area contributed by atoms with Crippen molar-refractivity contribution >= 4 is 12.0 Å². The first-order valence-corrected chi connectivity index (χ1v) is 7.37. The molecule has 4 nitrogen and oxygen atoms in total. The van der Waals surface area contributed by atoms with Gasteiger partial charge in [0, 0.05) is 12.0 Å². The Morgan fingerprint density at radius 2 is 1.64 bits per heavy atom. The molecular formula is C18H18NO3+. The number of carbonyl (C=O) groups is 2. The molecule has 0 radical (unpaired) electrons. The van der Waals surface area contributed by atoms with Crippen LogP contribution in [-0.4, -0.2) is 28.1 Å². The molecule has 2 unspecified atom stereocenters. The number of amides is 2. The van der Waals surface area contributed by atoms with Gasteiger partial charge in [0.25, 0.3) is 0 Å². The first-order chi connectivity index (χ1) is 10.6. The zero-order valence-electron chi connectivity index (χ0n) is 12.2. The number of benzene rings is 2. The molecule has 1 aliphatic heterocycles. The number of imide groups is 1. The highest BCUT2D eigenvalue weighted by molar-refractivity contribution is 5.87. The second-order valence-electron chi connectivity index (χ2n) is 5.71. The van der Waals surface area contributed by atoms with Crippen LogP contribution < -0.4 is 0 Å². The topological polar surface area (TPSA) is 54.4 Å². The molecule has 4 heteroatoms. The monoisotopic (exact) mass is 296 g/mol. The van der Waals surface area contributed by atoms with Gasteiger partial charge in [0.05, 0.1) is 6.54 Å². The van der Waals surface area contributed by atoms with Crippen molar-refractivity contribution < 1.29 is 19.2 Å². The van der Waals surface area contributed by atoms with E-state index in [0.29, 0.717) is 13.0 Å². The Balaban J connectivity index is 1.93. The maximum atomic E-state index is 12.9. The largest absolute Gasteiger partial charge is 0.521 e. The lowest BCUT2D eigenvalue weighted by molar-refractivity contribution is -0.787. The molecule has 0 aliphatic carbocycles. The molecule has 1 aliphatic rings. The van der Waals surface area contributed by atoms with Gasteiger partial charge in [-0.15, -0.1) is 0 Å². The van der Waals surface area contributed by atoms with E-state index in [1.54, 1.807) is 0 Å². The molecule has 0 bridgehead atoms. The number of carbonyl (C=O) groups excluding carboxylic acids is 1. The molecule has 0 aromatic heterocycles. The van der Waals surface area contributed by atoms with Gasteiger partial charge >= 0.3 is 12.0 Å². The van der Waals surface area contributed by atoms with E-state index in [1.807, 2.05) is 60.7 Å². The van der Waals surface area contributed by atoms with Crippen molar-refractivity contribution in [3.05, 3.63) is 71.8 Å². The van der Waals surface area contributed by atoms with Gasteiger partial charge in [-0.25, -0.2) is 4.79 Å². The van der Waals surface area contributed by atoms with Crippen molar-refractivity contribution in [3.8, 4) is 0 Å². The highest BCUT2D eigenvalue weighted by atomic mass is 16.4. The molecule has 22 heavy (non-hydrogen) atoms. The van der Waals surface area contributed by atoms with Crippen LogP contribution in [0.1, 0.15) is 23.5 Å². The molecule has 3 rings (SSSR count). The first kappa shape index (κ1) is 14.5. The third-order valence-electron chi connectivity index (χ3n) is 4.38. The predicted octanol–water partition coefficient (Wildman–Crippen LogP) is 3.40. The normalized spacial score (nSPS) is 24.4. The van der Waals surface area contributed by atoms with Crippen molar-refractivity contribution in [1.29, 1.82) is 0 Å². The molecule has 2 atom stereocenters. The zero-order valence-corrected chi connectivity index (χ0v) is 12.2. The highest BCUT2D eigenvalue weighted by Crippen LogP contribution is 2.35. The van der Waals surface area contributed by atoms with Gasteiger partial charge in [0.15, 0.2) is 0 Å². The van der Waals surface area contributed by atoms with E-state index in [-0.39, 0.29) is 18.4 Å². The van der Waals surface area contributed by atoms with Crippen LogP contribution in [0.25, 0.3) is 0 Å². The Morgan fingerprint density at radius 1 is 1.05 bits per heavy atom. The van der Waals surface area contributed by atoms with Crippen molar-refractivity contribution in [2.75, 3.05) is 6.54 Å². The van der Waals surface area contributed by atoms with Crippen LogP contribution in [0.4, 0.5) is 4.79 Å². The number of nitrogens with zero attached hydrogens (tertiary/aromatic N) is 1. The summed E-state index contributed by atoms with van der Waals surface area (Å²) in [5.41, 5.74) is 1.77. The van der Waals surface area contributed by atoms with E-state index in [1.165, 1.54) is 0 Å². The fourth-order valence-electron chi connectivity index (χ4n) is 3.19. The number of likely N-dealkylation sites (tertiary alicyclic amines) is 1. The first-order valence-electron chi connectivity index (χ1n) is 7.37. The van der Waals surface area contributed by atoms with Gasteiger partial charge in [0.2, 0.25) is 0 Å². The Kier molecular flexibility index (Phi) is 3.77. The van der Waals surface area contributed by atoms with Crippen LogP contribution in [0.2, 0.25) is 0 Å². The zero-order chi connectivity index (χ0) is 15.6. The summed E-state index contributed by atoms with van der Waals surface area (Å²) in [6, 6.07) is 18.8. The standard InChI is InChI=1S/C18H17NO3/c20-17-16(15-9-5-2-6-10-15)11-12-19(17,18(21)22)13-14-7-3-1-4-8-14/h1-10,16H,11-13H2/p+1. The molecule has 2 aromatic rings. The maximum absolute atomic E-state index is 12.9. The minimum absolute atomic E-state index is 0.207. The summed E-state index contributed by atoms with van der Waals surface area (Å²) in [6.07, 6.45) is -0.491. The van der Waals surface area contributed by atoms with Crippen LogP contribution in [0.5, 0.6) is 0 Å². The summed E-state index contributed by atoms with van der Waals surface area (Å²) in [6.45, 7) is 0.543. The van der Waals surface area contributed by atoms with E-state index in [4.69, 9.17) is 0 Å². The van der Waals surface area contributed by atoms with Crippen molar-refractivity contribution in [3.63, 3.8) is 0 Å². The number of hydrogen-bond donors (Lipinski definition) is 1. The fourth-order valence-corrected chi connectivity index (χ4v) is 3.19. The van der Waals surface area contributed by atoms with Gasteiger partial charge in [-0.3, -0.25) is 0 Å². The molecular weight excluding hydrogens is 278 g/mol. The van der Waals surface area contributed by atoms with E-state index in [0.717, 1.165) is 11.1 Å². The second-order valence-corrected chi connectivity index (χ2v) is 5.71. The maximum Gasteiger partial charge on any atom is 0.521 e. The van der Waals surface area contributed by atoms with Gasteiger partial charge in [-0.2, -0.15) is 9.28 Å². The number of rotatable bonds is 3. The SMILES string of the molecule is O=C(O)[N+]1(Cc2ccccc2)CCC(c2ccccc2)C1=O. The van der Waals surface area contributed by atoms with E-state index in [9.17, 15) is 14.7 Å². The summed E-state index contributed by atoms with van der Waals surface area (Å²) in [5, 5.41) is 9.71. The third-order valence-corrected chi connectivity index (χ3v) is 4.38. The quantitative estimate of drug-likeness (QED) is 0.883. The number of carboxylic acid groups (broad SMARTS) is 1. The molecule has 2 amide bonds. The molecule has 1 heterocycles. The minimum atomic E-state index is -1.06. The van der Waals surface area contributed by atoms with Gasteiger partial charge < -0.3 is 5.11 Å². The van der Waals surface area contributed by atoms with Crippen molar-refractivity contribution in [2.24, 2.45) is 0 Å². The summed E-state index contributed by atoms with van der Waals surface area (Å²) >= 11 is 0. The smallest absolute Gasteiger partial charge is 0.435 e. The number of quaternary nitrogens is 1. The molecule has 112 valence electrons. The van der Waals surface area contributed by atoms with Crippen molar-refractivity contribution in [1.82, 2.24) is 0 Å². The van der Waals surface area contributed by atoms with Gasteiger partial charge in [-0.1, -0.05) is 60.7 Å². The predicted molar refractivity (Wildman–Crippen MR) is 82.1 cm³/mol. The highest BCUT2D eigenvalue weighted by Gasteiger charge is 2.54. The lowest BCUT2D eigenvalue weighted by Crippen LogP contribution is -2.53. The van der Waals surface area contributed by atoms with Gasteiger partial charge in [0.1, 0.15) is 12.5 Å². The van der Waals surface area contributed by atoms with Crippen LogP contribution in [0, 0.1) is 0 Å².